The van der Waals surface area contributed by atoms with Gasteiger partial charge in [0.2, 0.25) is 5.78 Å². The molecule has 1 nitrogen and oxygen atoms in total. The van der Waals surface area contributed by atoms with Gasteiger partial charge in [0, 0.05) is 11.4 Å². The summed E-state index contributed by atoms with van der Waals surface area (Å²) in [6.45, 7) is 0. The quantitative estimate of drug-likeness (QED) is 0.767. The van der Waals surface area contributed by atoms with Crippen LogP contribution in [0.1, 0.15) is 5.56 Å². The number of carbonyl (C=O) groups is 1. The minimum absolute atomic E-state index is 0.0227. The number of carbonyl (C=O) groups excluding carboxylic acids is 1. The molecule has 1 rings (SSSR count). The van der Waals surface area contributed by atoms with Crippen molar-refractivity contribution in [1.29, 1.82) is 0 Å². The predicted molar refractivity (Wildman–Crippen MR) is 51.1 cm³/mol. The zero-order valence-corrected chi connectivity index (χ0v) is 8.95. The van der Waals surface area contributed by atoms with E-state index in [0.717, 1.165) is 18.2 Å². The molecule has 0 bridgehead atoms. The van der Waals surface area contributed by atoms with E-state index in [9.17, 15) is 26.7 Å². The summed E-state index contributed by atoms with van der Waals surface area (Å²) in [5.74, 6) is -7.78. The van der Waals surface area contributed by atoms with Crippen LogP contribution in [0.3, 0.4) is 0 Å². The molecule has 1 aromatic rings. The summed E-state index contributed by atoms with van der Waals surface area (Å²) in [4.78, 5) is 10.9. The van der Waals surface area contributed by atoms with E-state index in [-0.39, 0.29) is 5.02 Å². The maximum atomic E-state index is 13.1. The van der Waals surface area contributed by atoms with Crippen LogP contribution >= 0.6 is 11.6 Å². The Hall–Kier alpha value is -1.17. The summed E-state index contributed by atoms with van der Waals surface area (Å²) in [6.07, 6.45) is -5.25. The van der Waals surface area contributed by atoms with Crippen LogP contribution < -0.4 is 0 Å². The zero-order valence-electron chi connectivity index (χ0n) is 8.19. The summed E-state index contributed by atoms with van der Waals surface area (Å²) in [7, 11) is 0. The van der Waals surface area contributed by atoms with E-state index >= 15 is 0 Å². The SMILES string of the molecule is O=C(Cc1cc(Cl)ccc1F)C(F)(F)C(F)F. The van der Waals surface area contributed by atoms with Gasteiger partial charge in [-0.2, -0.15) is 8.78 Å². The second-order valence-electron chi connectivity index (χ2n) is 3.26. The highest BCUT2D eigenvalue weighted by molar-refractivity contribution is 6.30. The molecule has 0 radical (unpaired) electrons. The van der Waals surface area contributed by atoms with E-state index in [2.05, 4.69) is 0 Å². The van der Waals surface area contributed by atoms with Gasteiger partial charge >= 0.3 is 12.3 Å². The van der Waals surface area contributed by atoms with Crippen molar-refractivity contribution in [2.24, 2.45) is 0 Å². The lowest BCUT2D eigenvalue weighted by molar-refractivity contribution is -0.166. The molecule has 0 N–H and O–H groups in total. The van der Waals surface area contributed by atoms with E-state index in [1.54, 1.807) is 0 Å². The molecule has 0 spiro atoms. The molecule has 17 heavy (non-hydrogen) atoms. The number of rotatable bonds is 4. The molecule has 0 saturated heterocycles. The fourth-order valence-electron chi connectivity index (χ4n) is 1.09. The van der Waals surface area contributed by atoms with Crippen molar-refractivity contribution in [1.82, 2.24) is 0 Å². The Morgan fingerprint density at radius 1 is 1.35 bits per heavy atom. The Morgan fingerprint density at radius 2 is 1.94 bits per heavy atom. The third kappa shape index (κ3) is 3.15. The highest BCUT2D eigenvalue weighted by Gasteiger charge is 2.48. The Labute approximate surface area is 98.2 Å². The van der Waals surface area contributed by atoms with Crippen LogP contribution in [-0.4, -0.2) is 18.1 Å². The molecule has 0 aliphatic carbocycles. The zero-order chi connectivity index (χ0) is 13.2. The number of hydrogen-bond acceptors (Lipinski definition) is 1. The molecule has 0 saturated carbocycles. The number of ketones is 1. The van der Waals surface area contributed by atoms with Crippen molar-refractivity contribution in [2.45, 2.75) is 18.8 Å². The van der Waals surface area contributed by atoms with Crippen LogP contribution in [0.2, 0.25) is 5.02 Å². The van der Waals surface area contributed by atoms with Gasteiger partial charge in [0.15, 0.2) is 0 Å². The molecule has 0 atom stereocenters. The average molecular weight is 273 g/mol. The van der Waals surface area contributed by atoms with E-state index in [4.69, 9.17) is 11.6 Å². The van der Waals surface area contributed by atoms with E-state index in [1.165, 1.54) is 0 Å². The summed E-state index contributed by atoms with van der Waals surface area (Å²) in [5.41, 5.74) is -0.442. The summed E-state index contributed by atoms with van der Waals surface area (Å²) < 4.78 is 62.0. The average Bonchev–Trinajstić information content (AvgIpc) is 2.23. The van der Waals surface area contributed by atoms with Crippen molar-refractivity contribution in [3.05, 3.63) is 34.6 Å². The Morgan fingerprint density at radius 3 is 2.47 bits per heavy atom. The molecule has 0 aromatic heterocycles. The van der Waals surface area contributed by atoms with Crippen molar-refractivity contribution in [3.8, 4) is 0 Å². The van der Waals surface area contributed by atoms with Crippen LogP contribution in [0.5, 0.6) is 0 Å². The molecule has 0 unspecified atom stereocenters. The van der Waals surface area contributed by atoms with Crippen molar-refractivity contribution in [3.63, 3.8) is 0 Å². The first kappa shape index (κ1) is 13.9. The standard InChI is InChI=1S/C10H6ClF5O/c11-6-1-2-7(12)5(3-6)4-8(17)10(15,16)9(13)14/h1-3,9H,4H2. The van der Waals surface area contributed by atoms with Gasteiger partial charge < -0.3 is 0 Å². The summed E-state index contributed by atoms with van der Waals surface area (Å²) in [6, 6.07) is 2.96. The fraction of sp³-hybridized carbons (Fsp3) is 0.300. The van der Waals surface area contributed by atoms with Gasteiger partial charge in [-0.05, 0) is 23.8 Å². The topological polar surface area (TPSA) is 17.1 Å². The number of alkyl halides is 4. The molecule has 0 fully saturated rings. The molecule has 7 heteroatoms. The highest BCUT2D eigenvalue weighted by Crippen LogP contribution is 2.26. The second-order valence-corrected chi connectivity index (χ2v) is 3.70. The Balaban J connectivity index is 2.92. The van der Waals surface area contributed by atoms with Crippen LogP contribution in [0.25, 0.3) is 0 Å². The number of hydrogen-bond donors (Lipinski definition) is 0. The first-order valence-corrected chi connectivity index (χ1v) is 4.76. The van der Waals surface area contributed by atoms with E-state index in [0.29, 0.717) is 0 Å². The van der Waals surface area contributed by atoms with Gasteiger partial charge in [-0.25, -0.2) is 13.2 Å². The number of Topliss-reactive ketones (excluding diaryl/α,β-unsaturated/α-hetero) is 1. The van der Waals surface area contributed by atoms with Gasteiger partial charge in [-0.3, -0.25) is 4.79 Å². The Bertz CT molecular complexity index is 433. The van der Waals surface area contributed by atoms with Crippen LogP contribution in [-0.2, 0) is 11.2 Å². The maximum absolute atomic E-state index is 13.1. The summed E-state index contributed by atoms with van der Waals surface area (Å²) in [5, 5.41) is 0.0227. The van der Waals surface area contributed by atoms with Gasteiger partial charge in [-0.15, -0.1) is 0 Å². The largest absolute Gasteiger partial charge is 0.364 e. The highest BCUT2D eigenvalue weighted by atomic mass is 35.5. The number of benzene rings is 1. The molecule has 0 aliphatic rings. The van der Waals surface area contributed by atoms with Crippen molar-refractivity contribution in [2.75, 3.05) is 0 Å². The first-order valence-electron chi connectivity index (χ1n) is 4.38. The van der Waals surface area contributed by atoms with Gasteiger partial charge in [-0.1, -0.05) is 11.6 Å². The smallest absolute Gasteiger partial charge is 0.292 e. The normalized spacial score (nSPS) is 11.9. The molecular formula is C10H6ClF5O. The Kier molecular flexibility index (Phi) is 4.08. The van der Waals surface area contributed by atoms with Crippen LogP contribution in [0, 0.1) is 5.82 Å². The molecule has 0 aliphatic heterocycles. The third-order valence-electron chi connectivity index (χ3n) is 2.00. The van der Waals surface area contributed by atoms with Crippen molar-refractivity contribution < 1.29 is 26.7 Å². The molecule has 0 heterocycles. The maximum Gasteiger partial charge on any atom is 0.364 e. The lowest BCUT2D eigenvalue weighted by Crippen LogP contribution is -2.37. The lowest BCUT2D eigenvalue weighted by atomic mass is 10.0. The predicted octanol–water partition coefficient (Wildman–Crippen LogP) is 3.49. The molecule has 0 amide bonds. The molecular weight excluding hydrogens is 267 g/mol. The monoisotopic (exact) mass is 272 g/mol. The molecule has 1 aromatic carbocycles. The second kappa shape index (κ2) is 5.00. The van der Waals surface area contributed by atoms with Gasteiger partial charge in [0.1, 0.15) is 5.82 Å². The number of halogens is 6. The first-order chi connectivity index (χ1) is 7.75. The van der Waals surface area contributed by atoms with E-state index in [1.807, 2.05) is 0 Å². The van der Waals surface area contributed by atoms with E-state index < -0.39 is 35.9 Å². The fourth-order valence-corrected chi connectivity index (χ4v) is 1.29. The van der Waals surface area contributed by atoms with Crippen LogP contribution in [0.15, 0.2) is 18.2 Å². The lowest BCUT2D eigenvalue weighted by Gasteiger charge is -2.13. The molecule has 94 valence electrons. The van der Waals surface area contributed by atoms with Crippen LogP contribution in [0.4, 0.5) is 22.0 Å². The minimum Gasteiger partial charge on any atom is -0.292 e. The minimum atomic E-state index is -4.78. The third-order valence-corrected chi connectivity index (χ3v) is 2.24. The summed E-state index contributed by atoms with van der Waals surface area (Å²) >= 11 is 5.46. The van der Waals surface area contributed by atoms with Crippen molar-refractivity contribution >= 4 is 17.4 Å². The van der Waals surface area contributed by atoms with Gasteiger partial charge in [0.25, 0.3) is 0 Å². The van der Waals surface area contributed by atoms with Gasteiger partial charge in [0.05, 0.1) is 0 Å².